The lowest BCUT2D eigenvalue weighted by atomic mass is 9.97. The number of anilines is 1. The Morgan fingerprint density at radius 3 is 2.71 bits per heavy atom. The fourth-order valence-electron chi connectivity index (χ4n) is 5.10. The molecule has 9 heteroatoms. The van der Waals surface area contributed by atoms with E-state index in [0.29, 0.717) is 35.1 Å². The largest absolute Gasteiger partial charge is 0.393 e. The molecule has 0 radical (unpaired) electrons. The van der Waals surface area contributed by atoms with Gasteiger partial charge in [-0.05, 0) is 63.6 Å². The molecule has 0 spiro atoms. The number of amides is 2. The number of aryl methyl sites for hydroxylation is 1. The first-order valence-corrected chi connectivity index (χ1v) is 13.8. The van der Waals surface area contributed by atoms with E-state index in [9.17, 15) is 14.7 Å². The van der Waals surface area contributed by atoms with Gasteiger partial charge in [-0.1, -0.05) is 37.3 Å². The fourth-order valence-corrected chi connectivity index (χ4v) is 6.17. The van der Waals surface area contributed by atoms with Gasteiger partial charge in [0.2, 0.25) is 5.91 Å². The van der Waals surface area contributed by atoms with Crippen LogP contribution in [-0.2, 0) is 4.79 Å². The summed E-state index contributed by atoms with van der Waals surface area (Å²) in [5.74, 6) is 0.0941. The fraction of sp³-hybridized carbons (Fsp3) is 0.577. The molecule has 0 aromatic carbocycles. The number of aliphatic hydroxyl groups is 1. The van der Waals surface area contributed by atoms with Crippen LogP contribution in [0, 0.1) is 12.8 Å². The van der Waals surface area contributed by atoms with Crippen LogP contribution in [0.1, 0.15) is 84.6 Å². The van der Waals surface area contributed by atoms with Crippen LogP contribution in [0.5, 0.6) is 0 Å². The molecule has 190 valence electrons. The standard InChI is InChI=1S/C26H35ClN4O3S/c1-15-21(12-18(27)14-28-15)29-16(2)23-9-10-24(35-23)26(34)31-22(11-17-5-3-4-6-17)25(33)30-19-7-8-20(32)13-19/h9-10,12,14,16-17,19-20,22,29,32H,3-8,11,13H2,1-2H3,(H,30,33)(H,31,34)/t16-,19?,20?,22-/m0/s1. The number of carbonyl (C=O) groups excluding carboxylic acids is 2. The number of hydrogen-bond donors (Lipinski definition) is 4. The number of carbonyl (C=O) groups is 2. The number of nitrogens with one attached hydrogen (secondary N) is 3. The first-order chi connectivity index (χ1) is 16.8. The number of nitrogens with zero attached hydrogens (tertiary/aromatic N) is 1. The van der Waals surface area contributed by atoms with Crippen LogP contribution in [0.4, 0.5) is 5.69 Å². The zero-order valence-corrected chi connectivity index (χ0v) is 21.9. The molecule has 2 unspecified atom stereocenters. The smallest absolute Gasteiger partial charge is 0.262 e. The third kappa shape index (κ3) is 6.96. The van der Waals surface area contributed by atoms with Gasteiger partial charge in [0.05, 0.1) is 33.4 Å². The maximum Gasteiger partial charge on any atom is 0.262 e. The van der Waals surface area contributed by atoms with E-state index >= 15 is 0 Å². The lowest BCUT2D eigenvalue weighted by Gasteiger charge is -2.23. The molecule has 2 heterocycles. The normalized spacial score (nSPS) is 22.1. The van der Waals surface area contributed by atoms with Crippen molar-refractivity contribution < 1.29 is 14.7 Å². The minimum absolute atomic E-state index is 0.0230. The van der Waals surface area contributed by atoms with Crippen molar-refractivity contribution in [1.29, 1.82) is 0 Å². The third-order valence-corrected chi connectivity index (χ3v) is 8.59. The lowest BCUT2D eigenvalue weighted by molar-refractivity contribution is -0.124. The number of thiophene rings is 1. The molecule has 2 amide bonds. The Morgan fingerprint density at radius 1 is 1.23 bits per heavy atom. The van der Waals surface area contributed by atoms with Gasteiger partial charge < -0.3 is 21.1 Å². The SMILES string of the molecule is Cc1ncc(Cl)cc1N[C@@H](C)c1ccc(C(=O)N[C@@H](CC2CCCC2)C(=O)NC2CCC(O)C2)s1. The Labute approximate surface area is 216 Å². The van der Waals surface area contributed by atoms with Crippen LogP contribution < -0.4 is 16.0 Å². The molecule has 2 fully saturated rings. The van der Waals surface area contributed by atoms with Crippen molar-refractivity contribution in [2.45, 2.75) is 89.4 Å². The Bertz CT molecular complexity index is 1040. The summed E-state index contributed by atoms with van der Waals surface area (Å²) in [6.07, 6.45) is 8.56. The van der Waals surface area contributed by atoms with Gasteiger partial charge in [-0.25, -0.2) is 0 Å². The number of halogens is 1. The predicted octanol–water partition coefficient (Wildman–Crippen LogP) is 4.99. The Kier molecular flexibility index (Phi) is 8.68. The summed E-state index contributed by atoms with van der Waals surface area (Å²) in [5.41, 5.74) is 1.71. The minimum atomic E-state index is -0.565. The molecule has 2 aliphatic rings. The maximum atomic E-state index is 13.1. The van der Waals surface area contributed by atoms with Gasteiger partial charge in [0.15, 0.2) is 0 Å². The summed E-state index contributed by atoms with van der Waals surface area (Å²) in [4.78, 5) is 32.1. The molecule has 2 saturated carbocycles. The summed E-state index contributed by atoms with van der Waals surface area (Å²) >= 11 is 7.50. The molecular weight excluding hydrogens is 484 g/mol. The van der Waals surface area contributed by atoms with E-state index in [1.807, 2.05) is 32.0 Å². The first kappa shape index (κ1) is 25.9. The second-order valence-electron chi connectivity index (χ2n) is 9.94. The Hall–Kier alpha value is -2.16. The molecule has 4 atom stereocenters. The average molecular weight is 519 g/mol. The zero-order chi connectivity index (χ0) is 24.9. The van der Waals surface area contributed by atoms with E-state index in [0.717, 1.165) is 35.5 Å². The van der Waals surface area contributed by atoms with Crippen LogP contribution >= 0.6 is 22.9 Å². The van der Waals surface area contributed by atoms with Gasteiger partial charge >= 0.3 is 0 Å². The summed E-state index contributed by atoms with van der Waals surface area (Å²) in [6.45, 7) is 3.95. The number of aromatic nitrogens is 1. The number of rotatable bonds is 9. The molecule has 0 saturated heterocycles. The third-order valence-electron chi connectivity index (χ3n) is 7.12. The van der Waals surface area contributed by atoms with Crippen molar-refractivity contribution >= 4 is 40.4 Å². The topological polar surface area (TPSA) is 103 Å². The van der Waals surface area contributed by atoms with Crippen molar-refractivity contribution in [3.63, 3.8) is 0 Å². The van der Waals surface area contributed by atoms with Crippen molar-refractivity contribution in [3.05, 3.63) is 44.9 Å². The first-order valence-electron chi connectivity index (χ1n) is 12.6. The number of aliphatic hydroxyl groups excluding tert-OH is 1. The van der Waals surface area contributed by atoms with Gasteiger partial charge in [-0.3, -0.25) is 14.6 Å². The van der Waals surface area contributed by atoms with Crippen LogP contribution in [0.3, 0.4) is 0 Å². The predicted molar refractivity (Wildman–Crippen MR) is 140 cm³/mol. The van der Waals surface area contributed by atoms with Gasteiger partial charge in [-0.15, -0.1) is 11.3 Å². The van der Waals surface area contributed by atoms with Crippen LogP contribution in [0.2, 0.25) is 5.02 Å². The maximum absolute atomic E-state index is 13.1. The molecule has 7 nitrogen and oxygen atoms in total. The second kappa shape index (κ2) is 11.7. The molecular formula is C26H35ClN4O3S. The van der Waals surface area contributed by atoms with Crippen molar-refractivity contribution in [1.82, 2.24) is 15.6 Å². The van der Waals surface area contributed by atoms with E-state index in [-0.39, 0.29) is 30.0 Å². The lowest BCUT2D eigenvalue weighted by Crippen LogP contribution is -2.49. The highest BCUT2D eigenvalue weighted by molar-refractivity contribution is 7.14. The highest BCUT2D eigenvalue weighted by atomic mass is 35.5. The van der Waals surface area contributed by atoms with Crippen molar-refractivity contribution in [3.8, 4) is 0 Å². The second-order valence-corrected chi connectivity index (χ2v) is 11.5. The molecule has 2 aromatic heterocycles. The molecule has 2 aliphatic carbocycles. The van der Waals surface area contributed by atoms with Crippen LogP contribution in [0.15, 0.2) is 24.4 Å². The van der Waals surface area contributed by atoms with Crippen LogP contribution in [-0.4, -0.2) is 40.1 Å². The van der Waals surface area contributed by atoms with E-state index in [2.05, 4.69) is 20.9 Å². The van der Waals surface area contributed by atoms with Gasteiger partial charge in [0.25, 0.3) is 5.91 Å². The molecule has 2 aromatic rings. The highest BCUT2D eigenvalue weighted by Gasteiger charge is 2.31. The Balaban J connectivity index is 1.40. The average Bonchev–Trinajstić information content (AvgIpc) is 3.58. The van der Waals surface area contributed by atoms with Gasteiger partial charge in [-0.2, -0.15) is 0 Å². The zero-order valence-electron chi connectivity index (χ0n) is 20.4. The molecule has 35 heavy (non-hydrogen) atoms. The van der Waals surface area contributed by atoms with Crippen molar-refractivity contribution in [2.75, 3.05) is 5.32 Å². The summed E-state index contributed by atoms with van der Waals surface area (Å²) < 4.78 is 0. The van der Waals surface area contributed by atoms with E-state index in [1.54, 1.807) is 6.20 Å². The Morgan fingerprint density at radius 2 is 2.00 bits per heavy atom. The van der Waals surface area contributed by atoms with Gasteiger partial charge in [0, 0.05) is 17.1 Å². The van der Waals surface area contributed by atoms with Gasteiger partial charge in [0.1, 0.15) is 6.04 Å². The minimum Gasteiger partial charge on any atom is -0.393 e. The van der Waals surface area contributed by atoms with Crippen molar-refractivity contribution in [2.24, 2.45) is 5.92 Å². The van der Waals surface area contributed by atoms with E-state index in [1.165, 1.54) is 24.2 Å². The van der Waals surface area contributed by atoms with E-state index < -0.39 is 6.04 Å². The summed E-state index contributed by atoms with van der Waals surface area (Å²) in [5, 5.41) is 19.9. The molecule has 0 aliphatic heterocycles. The number of hydrogen-bond acceptors (Lipinski definition) is 6. The quantitative estimate of drug-likeness (QED) is 0.374. The van der Waals surface area contributed by atoms with E-state index in [4.69, 9.17) is 11.6 Å². The molecule has 4 N–H and O–H groups in total. The number of pyridine rings is 1. The molecule has 0 bridgehead atoms. The van der Waals surface area contributed by atoms with Crippen LogP contribution in [0.25, 0.3) is 0 Å². The molecule has 4 rings (SSSR count). The highest BCUT2D eigenvalue weighted by Crippen LogP contribution is 2.30. The monoisotopic (exact) mass is 518 g/mol. The summed E-state index contributed by atoms with van der Waals surface area (Å²) in [7, 11) is 0. The summed E-state index contributed by atoms with van der Waals surface area (Å²) in [6, 6.07) is 4.98.